The number of rotatable bonds is 6. The van der Waals surface area contributed by atoms with Gasteiger partial charge >= 0.3 is 0 Å². The van der Waals surface area contributed by atoms with Crippen LogP contribution in [0.5, 0.6) is 0 Å². The Hall–Kier alpha value is -1.07. The lowest BCUT2D eigenvalue weighted by molar-refractivity contribution is 0.932. The second kappa shape index (κ2) is 7.80. The molecule has 0 amide bonds. The van der Waals surface area contributed by atoms with Crippen LogP contribution in [0.4, 0.5) is 5.82 Å². The standard InChI is InChI=1S/C16H20BrN3S/c1-4-12-11(3)19-15(20-16(12)18-5-2)10-21-14-9-7-6-8-13(14)17/h6-9H,4-5,10H2,1-3H3,(H,18,19,20). The smallest absolute Gasteiger partial charge is 0.141 e. The third-order valence-corrected chi connectivity index (χ3v) is 5.17. The Morgan fingerprint density at radius 1 is 1.19 bits per heavy atom. The van der Waals surface area contributed by atoms with Gasteiger partial charge in [-0.25, -0.2) is 9.97 Å². The zero-order valence-electron chi connectivity index (χ0n) is 12.6. The number of hydrogen-bond acceptors (Lipinski definition) is 4. The second-order valence-electron chi connectivity index (χ2n) is 4.66. The Labute approximate surface area is 139 Å². The molecular weight excluding hydrogens is 346 g/mol. The van der Waals surface area contributed by atoms with Crippen LogP contribution in [0.1, 0.15) is 30.9 Å². The fraction of sp³-hybridized carbons (Fsp3) is 0.375. The number of nitrogens with zero attached hydrogens (tertiary/aromatic N) is 2. The maximum atomic E-state index is 4.68. The molecule has 1 aromatic carbocycles. The summed E-state index contributed by atoms with van der Waals surface area (Å²) in [5.41, 5.74) is 2.29. The molecule has 2 rings (SSSR count). The average molecular weight is 366 g/mol. The number of halogens is 1. The van der Waals surface area contributed by atoms with Crippen molar-refractivity contribution in [3.63, 3.8) is 0 Å². The van der Waals surface area contributed by atoms with Crippen LogP contribution in [0.25, 0.3) is 0 Å². The number of anilines is 1. The van der Waals surface area contributed by atoms with Crippen LogP contribution in [-0.4, -0.2) is 16.5 Å². The molecule has 0 bridgehead atoms. The zero-order valence-corrected chi connectivity index (χ0v) is 15.0. The normalized spacial score (nSPS) is 10.7. The first kappa shape index (κ1) is 16.3. The monoisotopic (exact) mass is 365 g/mol. The van der Waals surface area contributed by atoms with Gasteiger partial charge in [0.05, 0.1) is 5.75 Å². The van der Waals surface area contributed by atoms with Gasteiger partial charge in [-0.2, -0.15) is 0 Å². The van der Waals surface area contributed by atoms with E-state index < -0.39 is 0 Å². The van der Waals surface area contributed by atoms with E-state index in [2.05, 4.69) is 64.1 Å². The van der Waals surface area contributed by atoms with Crippen molar-refractivity contribution in [1.82, 2.24) is 9.97 Å². The fourth-order valence-corrected chi connectivity index (χ4v) is 3.58. The van der Waals surface area contributed by atoms with Gasteiger partial charge in [0.2, 0.25) is 0 Å². The molecule has 0 aliphatic carbocycles. The molecule has 1 heterocycles. The minimum atomic E-state index is 0.770. The van der Waals surface area contributed by atoms with E-state index in [9.17, 15) is 0 Å². The molecule has 1 N–H and O–H groups in total. The molecule has 0 radical (unpaired) electrons. The summed E-state index contributed by atoms with van der Waals surface area (Å²) in [6.45, 7) is 7.17. The molecular formula is C16H20BrN3S. The predicted octanol–water partition coefficient (Wildman–Crippen LogP) is 4.83. The molecule has 0 atom stereocenters. The summed E-state index contributed by atoms with van der Waals surface area (Å²) in [4.78, 5) is 10.5. The van der Waals surface area contributed by atoms with Crippen molar-refractivity contribution in [3.05, 3.63) is 45.8 Å². The third-order valence-electron chi connectivity index (χ3n) is 3.15. The summed E-state index contributed by atoms with van der Waals surface area (Å²) < 4.78 is 1.11. The molecule has 1 aromatic heterocycles. The molecule has 0 unspecified atom stereocenters. The fourth-order valence-electron chi connectivity index (χ4n) is 2.16. The lowest BCUT2D eigenvalue weighted by atomic mass is 10.1. The van der Waals surface area contributed by atoms with Gasteiger partial charge in [0, 0.05) is 27.2 Å². The highest BCUT2D eigenvalue weighted by Crippen LogP contribution is 2.29. The lowest BCUT2D eigenvalue weighted by Gasteiger charge is -2.13. The molecule has 3 nitrogen and oxygen atoms in total. The number of aromatic nitrogens is 2. The average Bonchev–Trinajstić information content (AvgIpc) is 2.47. The molecule has 0 aliphatic heterocycles. The van der Waals surface area contributed by atoms with Crippen LogP contribution < -0.4 is 5.32 Å². The maximum Gasteiger partial charge on any atom is 0.141 e. The van der Waals surface area contributed by atoms with Crippen LogP contribution in [0.15, 0.2) is 33.6 Å². The first-order valence-corrected chi connectivity index (χ1v) is 8.91. The Kier molecular flexibility index (Phi) is 6.06. The number of benzene rings is 1. The van der Waals surface area contributed by atoms with Crippen molar-refractivity contribution in [2.75, 3.05) is 11.9 Å². The lowest BCUT2D eigenvalue weighted by Crippen LogP contribution is -2.09. The largest absolute Gasteiger partial charge is 0.370 e. The van der Waals surface area contributed by atoms with Crippen molar-refractivity contribution in [2.24, 2.45) is 0 Å². The van der Waals surface area contributed by atoms with Crippen LogP contribution in [0.2, 0.25) is 0 Å². The SMILES string of the molecule is CCNc1nc(CSc2ccccc2Br)nc(C)c1CC. The van der Waals surface area contributed by atoms with Gasteiger partial charge in [-0.15, -0.1) is 11.8 Å². The topological polar surface area (TPSA) is 37.8 Å². The molecule has 0 saturated carbocycles. The summed E-state index contributed by atoms with van der Waals surface area (Å²) in [5.74, 6) is 2.63. The van der Waals surface area contributed by atoms with Gasteiger partial charge in [0.25, 0.3) is 0 Å². The second-order valence-corrected chi connectivity index (χ2v) is 6.53. The van der Waals surface area contributed by atoms with Crippen LogP contribution in [0.3, 0.4) is 0 Å². The van der Waals surface area contributed by atoms with Crippen molar-refractivity contribution >= 4 is 33.5 Å². The first-order valence-electron chi connectivity index (χ1n) is 7.13. The highest BCUT2D eigenvalue weighted by atomic mass is 79.9. The Balaban J connectivity index is 2.19. The summed E-state index contributed by atoms with van der Waals surface area (Å²) in [6, 6.07) is 8.23. The van der Waals surface area contributed by atoms with Crippen molar-refractivity contribution in [3.8, 4) is 0 Å². The highest BCUT2D eigenvalue weighted by molar-refractivity contribution is 9.10. The van der Waals surface area contributed by atoms with E-state index >= 15 is 0 Å². The Bertz CT molecular complexity index is 616. The van der Waals surface area contributed by atoms with E-state index in [1.165, 1.54) is 10.5 Å². The minimum Gasteiger partial charge on any atom is -0.370 e. The van der Waals surface area contributed by atoms with Gasteiger partial charge < -0.3 is 5.32 Å². The van der Waals surface area contributed by atoms with Gasteiger partial charge in [0.1, 0.15) is 11.6 Å². The molecule has 0 spiro atoms. The van der Waals surface area contributed by atoms with Crippen molar-refractivity contribution < 1.29 is 0 Å². The van der Waals surface area contributed by atoms with E-state index in [-0.39, 0.29) is 0 Å². The third kappa shape index (κ3) is 4.20. The minimum absolute atomic E-state index is 0.770. The maximum absolute atomic E-state index is 4.68. The zero-order chi connectivity index (χ0) is 15.2. The van der Waals surface area contributed by atoms with E-state index in [0.29, 0.717) is 0 Å². The van der Waals surface area contributed by atoms with Gasteiger partial charge in [-0.3, -0.25) is 0 Å². The number of aryl methyl sites for hydroxylation is 1. The molecule has 0 saturated heterocycles. The molecule has 5 heteroatoms. The van der Waals surface area contributed by atoms with Crippen LogP contribution in [-0.2, 0) is 12.2 Å². The van der Waals surface area contributed by atoms with Crippen LogP contribution in [0, 0.1) is 6.92 Å². The molecule has 0 fully saturated rings. The predicted molar refractivity (Wildman–Crippen MR) is 94.0 cm³/mol. The summed E-state index contributed by atoms with van der Waals surface area (Å²) >= 11 is 5.32. The van der Waals surface area contributed by atoms with E-state index in [4.69, 9.17) is 0 Å². The van der Waals surface area contributed by atoms with Gasteiger partial charge in [-0.1, -0.05) is 19.1 Å². The quantitative estimate of drug-likeness (QED) is 0.743. The van der Waals surface area contributed by atoms with Crippen molar-refractivity contribution in [2.45, 2.75) is 37.8 Å². The van der Waals surface area contributed by atoms with E-state index in [1.54, 1.807) is 11.8 Å². The molecule has 0 aliphatic rings. The van der Waals surface area contributed by atoms with E-state index in [1.807, 2.05) is 12.1 Å². The Morgan fingerprint density at radius 2 is 1.95 bits per heavy atom. The van der Waals surface area contributed by atoms with E-state index in [0.717, 1.165) is 40.5 Å². The van der Waals surface area contributed by atoms with Gasteiger partial charge in [0.15, 0.2) is 0 Å². The highest BCUT2D eigenvalue weighted by Gasteiger charge is 2.10. The van der Waals surface area contributed by atoms with Gasteiger partial charge in [-0.05, 0) is 48.3 Å². The molecule has 21 heavy (non-hydrogen) atoms. The number of hydrogen-bond donors (Lipinski definition) is 1. The first-order chi connectivity index (χ1) is 10.2. The molecule has 2 aromatic rings. The molecule has 112 valence electrons. The summed E-state index contributed by atoms with van der Waals surface area (Å²) in [7, 11) is 0. The Morgan fingerprint density at radius 3 is 2.62 bits per heavy atom. The van der Waals surface area contributed by atoms with Crippen molar-refractivity contribution in [1.29, 1.82) is 0 Å². The number of nitrogens with one attached hydrogen (secondary N) is 1. The van der Waals surface area contributed by atoms with Crippen LogP contribution >= 0.6 is 27.7 Å². The number of thioether (sulfide) groups is 1. The summed E-state index contributed by atoms with van der Waals surface area (Å²) in [6.07, 6.45) is 0.950. The summed E-state index contributed by atoms with van der Waals surface area (Å²) in [5, 5.41) is 3.35.